The fourth-order valence-corrected chi connectivity index (χ4v) is 22.9. The van der Waals surface area contributed by atoms with Crippen LogP contribution in [0, 0.1) is 47.9 Å². The third-order valence-electron chi connectivity index (χ3n) is 21.1. The molecule has 15 rings (SSSR count). The molecule has 18 atom stereocenters. The molecule has 3 N–H and O–H groups in total. The van der Waals surface area contributed by atoms with Gasteiger partial charge in [0.1, 0.15) is 18.7 Å². The lowest BCUT2D eigenvalue weighted by molar-refractivity contribution is -0.385. The number of ether oxygens (including phenoxy) is 3. The molecule has 9 aliphatic heterocycles. The van der Waals surface area contributed by atoms with Crippen molar-refractivity contribution in [2.24, 2.45) is 0 Å². The molecular formula is C70H90N11O21P3S. The molecule has 0 amide bonds. The first kappa shape index (κ1) is 77.4. The van der Waals surface area contributed by atoms with Gasteiger partial charge in [0.15, 0.2) is 9.84 Å². The third-order valence-corrected chi connectivity index (χ3v) is 28.3. The molecule has 0 aliphatic carbocycles. The van der Waals surface area contributed by atoms with Crippen LogP contribution in [0.15, 0.2) is 125 Å². The van der Waals surface area contributed by atoms with Crippen molar-refractivity contribution in [3.8, 4) is 0 Å². The molecule has 106 heavy (non-hydrogen) atoms. The highest BCUT2D eigenvalue weighted by molar-refractivity contribution is 7.91. The Hall–Kier alpha value is -6.74. The summed E-state index contributed by atoms with van der Waals surface area (Å²) >= 11 is 0. The van der Waals surface area contributed by atoms with E-state index in [1.165, 1.54) is 56.6 Å². The van der Waals surface area contributed by atoms with Crippen LogP contribution in [0.4, 0.5) is 11.4 Å². The summed E-state index contributed by atoms with van der Waals surface area (Å²) in [5, 5.41) is 21.9. The van der Waals surface area contributed by atoms with Gasteiger partial charge in [0.2, 0.25) is 0 Å². The van der Waals surface area contributed by atoms with Crippen LogP contribution in [0.5, 0.6) is 0 Å². The van der Waals surface area contributed by atoms with Gasteiger partial charge in [-0.05, 0) is 109 Å². The summed E-state index contributed by atoms with van der Waals surface area (Å²) in [6.45, 7) is 15.5. The highest BCUT2D eigenvalue weighted by Crippen LogP contribution is 2.61. The molecule has 0 bridgehead atoms. The van der Waals surface area contributed by atoms with E-state index in [9.17, 15) is 57.4 Å². The molecule has 3 aromatic heterocycles. The van der Waals surface area contributed by atoms with Gasteiger partial charge in [0, 0.05) is 129 Å². The molecule has 9 aliphatic rings. The minimum absolute atomic E-state index is 0.000929. The summed E-state index contributed by atoms with van der Waals surface area (Å²) in [6, 6.07) is 20.6. The van der Waals surface area contributed by atoms with Gasteiger partial charge in [-0.2, -0.15) is 0 Å². The number of hydrogen-bond donors (Lipinski definition) is 3. The highest BCUT2D eigenvalue weighted by Gasteiger charge is 2.53. The second-order valence-corrected chi connectivity index (χ2v) is 34.6. The number of nitrogens with one attached hydrogen (secondary N) is 3. The Morgan fingerprint density at radius 1 is 0.472 bits per heavy atom. The Morgan fingerprint density at radius 3 is 1.11 bits per heavy atom. The summed E-state index contributed by atoms with van der Waals surface area (Å²) < 4.78 is 94.4. The number of H-pyrrole nitrogens is 3. The largest absolute Gasteiger partial charge is 0.352 e. The molecule has 0 spiro atoms. The molecule has 4 unspecified atom stereocenters. The highest BCUT2D eigenvalue weighted by atomic mass is 32.2. The topological polar surface area (TPSA) is 378 Å². The summed E-state index contributed by atoms with van der Waals surface area (Å²) in [7, 11) is -7.55. The molecule has 32 nitrogen and oxygen atoms in total. The van der Waals surface area contributed by atoms with Crippen LogP contribution in [0.2, 0.25) is 0 Å². The summed E-state index contributed by atoms with van der Waals surface area (Å²) in [5.41, 5.74) is 1.75. The molecule has 0 radical (unpaired) electrons. The number of aromatic nitrogens is 6. The van der Waals surface area contributed by atoms with E-state index in [0.29, 0.717) is 60.1 Å². The summed E-state index contributed by atoms with van der Waals surface area (Å²) in [5.74, 6) is -0.0908. The average Bonchev–Trinajstić information content (AvgIpc) is 1.64. The Kier molecular flexibility index (Phi) is 24.3. The van der Waals surface area contributed by atoms with Gasteiger partial charge >= 0.3 is 17.1 Å². The van der Waals surface area contributed by atoms with Crippen molar-refractivity contribution >= 4 is 46.8 Å². The minimum atomic E-state index is -3.51. The predicted molar refractivity (Wildman–Crippen MR) is 391 cm³/mol. The summed E-state index contributed by atoms with van der Waals surface area (Å²) in [4.78, 5) is 101. The number of fused-ring (bicyclic) bond motifs is 3. The molecule has 12 heterocycles. The summed E-state index contributed by atoms with van der Waals surface area (Å²) in [6.07, 6.45) is 11.8. The van der Waals surface area contributed by atoms with E-state index in [2.05, 4.69) is 29.0 Å². The second kappa shape index (κ2) is 33.2. The zero-order valence-corrected chi connectivity index (χ0v) is 63.4. The number of aryl methyl sites for hydroxylation is 4. The maximum Gasteiger partial charge on any atom is 0.330 e. The van der Waals surface area contributed by atoms with Gasteiger partial charge in [-0.15, -0.1) is 0 Å². The Morgan fingerprint density at radius 2 is 0.792 bits per heavy atom. The number of benzene rings is 3. The van der Waals surface area contributed by atoms with Gasteiger partial charge in [0.25, 0.3) is 53.6 Å². The molecular weight excluding hydrogens is 1460 g/mol. The van der Waals surface area contributed by atoms with Crippen LogP contribution < -0.4 is 33.7 Å². The van der Waals surface area contributed by atoms with E-state index in [1.807, 2.05) is 27.7 Å². The number of aromatic amines is 3. The van der Waals surface area contributed by atoms with E-state index in [1.54, 1.807) is 69.3 Å². The van der Waals surface area contributed by atoms with Crippen LogP contribution in [-0.2, 0) is 64.0 Å². The fourth-order valence-electron chi connectivity index (χ4n) is 15.4. The lowest BCUT2D eigenvalue weighted by Gasteiger charge is -2.25. The van der Waals surface area contributed by atoms with Gasteiger partial charge < -0.3 is 41.4 Å². The zero-order chi connectivity index (χ0) is 75.0. The van der Waals surface area contributed by atoms with E-state index in [0.717, 1.165) is 87.7 Å². The van der Waals surface area contributed by atoms with Crippen LogP contribution in [0.25, 0.3) is 0 Å². The van der Waals surface area contributed by atoms with Gasteiger partial charge in [0.05, 0.1) is 75.4 Å². The van der Waals surface area contributed by atoms with E-state index in [4.69, 9.17) is 41.4 Å². The fraction of sp³-hybridized carbons (Fsp3) is 0.571. The number of sulfone groups is 1. The third kappa shape index (κ3) is 17.0. The molecule has 36 heteroatoms. The van der Waals surface area contributed by atoms with E-state index in [-0.39, 0.29) is 84.1 Å². The standard InChI is InChI=1S/C24H32N3O7PS.2C23H29N4O7P/c1-4-19-20(12-22(32-19)26-13-16(3)23(28)25-24(26)29)33-35-27-11-5-6-18(27)21(34-35)14-36(30,31)17-9-7-15(2)8-10-17;2*1-3-18-20(12-21(32-18)25-13-14(2)22(28)24-23(25)29)34-35-26-10-4-5-17(26)19(33-35)11-15-6-8-16(9-7-15)27(30)31/h7-10,13,18-22H,4-6,11-12,14H2,1-3H3,(H,25,28,29);2*6-9,13,17-21H,3-5,10-12H2,1-2H3,(H,24,28,29)/t18-,19+,20?,21+,22+,35-;17-,18+,19?,20?,21+,35+;17-,18-,19+,20?,21-,35+/m001/s1. The lowest BCUT2D eigenvalue weighted by atomic mass is 10.0. The maximum atomic E-state index is 13.1. The normalized spacial score (nSPS) is 30.6. The smallest absolute Gasteiger partial charge is 0.330 e. The molecule has 9 fully saturated rings. The van der Waals surface area contributed by atoms with Gasteiger partial charge in [-0.1, -0.05) is 62.7 Å². The number of rotatable bonds is 21. The number of hydrogen-bond acceptors (Lipinski definition) is 24. The Bertz CT molecular complexity index is 4460. The number of nitro groups is 2. The molecule has 3 aromatic carbocycles. The minimum Gasteiger partial charge on any atom is -0.352 e. The Balaban J connectivity index is 0.000000141. The number of nitro benzene ring substituents is 2. The SMILES string of the molecule is CC[C@H]1O[C@@H](n2cc(C)c(=O)[nH]c2=O)CC1O[P@@]1OC(Cc2ccc([N+](=O)[O-])cc2)[C@@H]2CCCN21.CC[C@H]1O[C@@H](n2cc(C)c(=O)[nH]c2=O)CC1O[P@@]1O[C@H](CS(=O)(=O)c2ccc(C)cc2)[C@@H]2CCCN21.CC[C@H]1O[C@@H](n2cc(C)c(=O)[nH]c2=O)CC1O[P@]1O[C@@H](Cc2ccc([N+](=O)[O-])cc2)[C@H]2CCCN21. The quantitative estimate of drug-likeness (QED) is 0.0343. The van der Waals surface area contributed by atoms with Crippen molar-refractivity contribution in [3.63, 3.8) is 0 Å². The second-order valence-electron chi connectivity index (χ2n) is 28.3. The van der Waals surface area contributed by atoms with Crippen LogP contribution in [0.3, 0.4) is 0 Å². The molecule has 9 saturated heterocycles. The first-order valence-electron chi connectivity index (χ1n) is 36.2. The van der Waals surface area contributed by atoms with Crippen molar-refractivity contribution < 1.29 is 59.6 Å². The first-order valence-corrected chi connectivity index (χ1v) is 41.3. The lowest BCUT2D eigenvalue weighted by Crippen LogP contribution is -2.33. The van der Waals surface area contributed by atoms with Gasteiger partial charge in [-0.3, -0.25) is 63.3 Å². The number of non-ortho nitro benzene ring substituents is 2. The van der Waals surface area contributed by atoms with Crippen molar-refractivity contribution in [1.29, 1.82) is 0 Å². The van der Waals surface area contributed by atoms with Crippen LogP contribution in [0.1, 0.15) is 150 Å². The molecule has 6 aromatic rings. The monoisotopic (exact) mass is 1550 g/mol. The first-order chi connectivity index (χ1) is 50.8. The molecule has 0 saturated carbocycles. The Labute approximate surface area is 614 Å². The molecule has 572 valence electrons. The van der Waals surface area contributed by atoms with E-state index < -0.39 is 104 Å². The van der Waals surface area contributed by atoms with Crippen molar-refractivity contribution in [3.05, 3.63) is 208 Å². The predicted octanol–water partition coefficient (Wildman–Crippen LogP) is 9.14. The average molecular weight is 1550 g/mol. The number of nitrogens with zero attached hydrogens (tertiary/aromatic N) is 8. The van der Waals surface area contributed by atoms with Crippen molar-refractivity contribution in [1.82, 2.24) is 42.7 Å². The van der Waals surface area contributed by atoms with Crippen molar-refractivity contribution in [2.75, 3.05) is 25.4 Å². The van der Waals surface area contributed by atoms with Gasteiger partial charge in [-0.25, -0.2) is 36.8 Å². The maximum absolute atomic E-state index is 13.1. The van der Waals surface area contributed by atoms with E-state index >= 15 is 0 Å². The van der Waals surface area contributed by atoms with Crippen LogP contribution in [-0.4, -0.2) is 159 Å². The van der Waals surface area contributed by atoms with Crippen molar-refractivity contribution in [2.45, 2.75) is 235 Å². The van der Waals surface area contributed by atoms with Crippen LogP contribution >= 0.6 is 25.6 Å². The zero-order valence-electron chi connectivity index (χ0n) is 59.9.